The van der Waals surface area contributed by atoms with Crippen molar-refractivity contribution in [2.45, 2.75) is 43.6 Å². The number of aliphatic imine (C=N–C) groups is 1. The largest absolute Gasteiger partial charge is 0.493 e. The smallest absolute Gasteiger partial charge is 0.163 e. The summed E-state index contributed by atoms with van der Waals surface area (Å²) in [6.07, 6.45) is 5.20. The fourth-order valence-electron chi connectivity index (χ4n) is 4.23. The van der Waals surface area contributed by atoms with Gasteiger partial charge in [-0.3, -0.25) is 0 Å². The van der Waals surface area contributed by atoms with Gasteiger partial charge in [0.2, 0.25) is 0 Å². The number of aliphatic hydroxyl groups is 1. The van der Waals surface area contributed by atoms with Crippen molar-refractivity contribution in [2.75, 3.05) is 33.4 Å². The van der Waals surface area contributed by atoms with E-state index in [1.54, 1.807) is 7.11 Å². The van der Waals surface area contributed by atoms with Crippen LogP contribution in [0.5, 0.6) is 11.5 Å². The van der Waals surface area contributed by atoms with Crippen LogP contribution in [0.15, 0.2) is 17.1 Å². The van der Waals surface area contributed by atoms with Crippen LogP contribution in [0.4, 0.5) is 5.69 Å². The highest BCUT2D eigenvalue weighted by Gasteiger charge is 2.47. The Bertz CT molecular complexity index is 679. The number of nitrogens with zero attached hydrogens (tertiary/aromatic N) is 2. The summed E-state index contributed by atoms with van der Waals surface area (Å²) in [5.41, 5.74) is 8.14. The zero-order valence-electron chi connectivity index (χ0n) is 14.8. The molecule has 2 fully saturated rings. The maximum Gasteiger partial charge on any atom is 0.163 e. The lowest BCUT2D eigenvalue weighted by Gasteiger charge is -2.39. The van der Waals surface area contributed by atoms with Gasteiger partial charge in [0, 0.05) is 12.6 Å². The van der Waals surface area contributed by atoms with E-state index in [2.05, 4.69) is 9.89 Å². The number of hydrogen-bond acceptors (Lipinski definition) is 6. The molecule has 1 aromatic rings. The van der Waals surface area contributed by atoms with Crippen LogP contribution in [0.3, 0.4) is 0 Å². The molecule has 25 heavy (non-hydrogen) atoms. The molecule has 1 saturated heterocycles. The van der Waals surface area contributed by atoms with Crippen LogP contribution in [-0.2, 0) is 5.41 Å². The van der Waals surface area contributed by atoms with E-state index in [1.807, 2.05) is 12.1 Å². The number of hydrogen-bond donors (Lipinski definition) is 2. The first kappa shape index (κ1) is 16.7. The molecule has 1 saturated carbocycles. The summed E-state index contributed by atoms with van der Waals surface area (Å²) in [5.74, 6) is 2.01. The van der Waals surface area contributed by atoms with Gasteiger partial charge in [-0.1, -0.05) is 6.42 Å². The monoisotopic (exact) mass is 345 g/mol. The van der Waals surface area contributed by atoms with Crippen molar-refractivity contribution in [3.05, 3.63) is 17.7 Å². The van der Waals surface area contributed by atoms with Crippen molar-refractivity contribution in [3.63, 3.8) is 0 Å². The van der Waals surface area contributed by atoms with Crippen LogP contribution in [0.25, 0.3) is 0 Å². The molecule has 2 heterocycles. The van der Waals surface area contributed by atoms with Crippen molar-refractivity contribution in [1.29, 1.82) is 0 Å². The molecule has 0 aromatic heterocycles. The quantitative estimate of drug-likeness (QED) is 0.824. The second-order valence-corrected chi connectivity index (χ2v) is 7.43. The first-order valence-electron chi connectivity index (χ1n) is 9.23. The number of fused-ring (bicyclic) bond motifs is 2. The molecule has 0 radical (unpaired) electrons. The number of nitrogens with two attached hydrogens (primary N) is 1. The normalized spacial score (nSPS) is 22.4. The molecule has 6 heteroatoms. The molecule has 0 amide bonds. The molecule has 3 N–H and O–H groups in total. The highest BCUT2D eigenvalue weighted by atomic mass is 16.5. The average molecular weight is 345 g/mol. The summed E-state index contributed by atoms with van der Waals surface area (Å²) in [6, 6.07) is 3.91. The molecule has 3 aliphatic rings. The Morgan fingerprint density at radius 1 is 1.24 bits per heavy atom. The lowest BCUT2D eigenvalue weighted by atomic mass is 9.64. The Kier molecular flexibility index (Phi) is 4.33. The summed E-state index contributed by atoms with van der Waals surface area (Å²) >= 11 is 0. The molecule has 4 rings (SSSR count). The van der Waals surface area contributed by atoms with Gasteiger partial charge in [-0.15, -0.1) is 0 Å². The predicted molar refractivity (Wildman–Crippen MR) is 97.0 cm³/mol. The third kappa shape index (κ3) is 2.87. The number of methoxy groups -OCH3 is 1. The van der Waals surface area contributed by atoms with Gasteiger partial charge >= 0.3 is 0 Å². The van der Waals surface area contributed by atoms with E-state index in [0.29, 0.717) is 23.9 Å². The molecule has 1 atom stereocenters. The number of rotatable bonds is 6. The molecular weight excluding hydrogens is 318 g/mol. The molecule has 136 valence electrons. The Morgan fingerprint density at radius 2 is 2.00 bits per heavy atom. The zero-order chi connectivity index (χ0) is 17.4. The number of likely N-dealkylation sites (tertiary alicyclic amines) is 1. The van der Waals surface area contributed by atoms with E-state index in [4.69, 9.17) is 15.2 Å². The summed E-state index contributed by atoms with van der Waals surface area (Å²) < 4.78 is 11.4. The third-order valence-corrected chi connectivity index (χ3v) is 5.83. The van der Waals surface area contributed by atoms with Crippen LogP contribution >= 0.6 is 0 Å². The highest BCUT2D eigenvalue weighted by molar-refractivity contribution is 6.00. The van der Waals surface area contributed by atoms with Crippen LogP contribution in [-0.4, -0.2) is 55.3 Å². The summed E-state index contributed by atoms with van der Waals surface area (Å²) in [4.78, 5) is 6.84. The van der Waals surface area contributed by atoms with E-state index in [9.17, 15) is 5.11 Å². The van der Waals surface area contributed by atoms with Gasteiger partial charge in [0.15, 0.2) is 11.5 Å². The van der Waals surface area contributed by atoms with Gasteiger partial charge in [-0.25, -0.2) is 4.99 Å². The van der Waals surface area contributed by atoms with Crippen LogP contribution in [0, 0.1) is 0 Å². The van der Waals surface area contributed by atoms with Gasteiger partial charge in [-0.2, -0.15) is 0 Å². The van der Waals surface area contributed by atoms with Crippen LogP contribution < -0.4 is 15.2 Å². The third-order valence-electron chi connectivity index (χ3n) is 5.83. The summed E-state index contributed by atoms with van der Waals surface area (Å²) in [5, 5.41) is 10.2. The van der Waals surface area contributed by atoms with Gasteiger partial charge in [0.1, 0.15) is 18.5 Å². The Hall–Kier alpha value is -1.79. The number of ether oxygens (including phenoxy) is 2. The Labute approximate surface area is 148 Å². The van der Waals surface area contributed by atoms with Crippen molar-refractivity contribution >= 4 is 11.5 Å². The number of benzene rings is 1. The lowest BCUT2D eigenvalue weighted by Crippen LogP contribution is -2.44. The fraction of sp³-hybridized carbons (Fsp3) is 0.632. The first-order chi connectivity index (χ1) is 12.1. The molecule has 1 unspecified atom stereocenters. The SMILES string of the molecule is COc1cc2c(cc1OCC(O)CN1CCCC1)N=C(N)C21CCC1. The van der Waals surface area contributed by atoms with Crippen molar-refractivity contribution in [1.82, 2.24) is 4.90 Å². The second-order valence-electron chi connectivity index (χ2n) is 7.43. The fourth-order valence-corrected chi connectivity index (χ4v) is 4.23. The van der Waals surface area contributed by atoms with Crippen molar-refractivity contribution < 1.29 is 14.6 Å². The van der Waals surface area contributed by atoms with Crippen molar-refractivity contribution in [2.24, 2.45) is 10.7 Å². The lowest BCUT2D eigenvalue weighted by molar-refractivity contribution is 0.0747. The topological polar surface area (TPSA) is 80.3 Å². The second kappa shape index (κ2) is 6.50. The Balaban J connectivity index is 1.47. The van der Waals surface area contributed by atoms with E-state index >= 15 is 0 Å². The molecule has 2 aliphatic heterocycles. The minimum Gasteiger partial charge on any atom is -0.493 e. The Morgan fingerprint density at radius 3 is 2.64 bits per heavy atom. The predicted octanol–water partition coefficient (Wildman–Crippen LogP) is 1.95. The van der Waals surface area contributed by atoms with E-state index in [-0.39, 0.29) is 12.0 Å². The van der Waals surface area contributed by atoms with Crippen LogP contribution in [0.1, 0.15) is 37.7 Å². The van der Waals surface area contributed by atoms with Gasteiger partial charge in [0.05, 0.1) is 18.2 Å². The number of aliphatic hydroxyl groups excluding tert-OH is 1. The number of amidine groups is 1. The minimum atomic E-state index is -0.511. The highest BCUT2D eigenvalue weighted by Crippen LogP contribution is 2.53. The molecule has 1 spiro atoms. The van der Waals surface area contributed by atoms with E-state index in [0.717, 1.165) is 37.2 Å². The summed E-state index contributed by atoms with van der Waals surface area (Å²) in [7, 11) is 1.64. The van der Waals surface area contributed by atoms with Crippen molar-refractivity contribution in [3.8, 4) is 11.5 Å². The van der Waals surface area contributed by atoms with Gasteiger partial charge < -0.3 is 25.2 Å². The molecular formula is C19H27N3O3. The molecule has 6 nitrogen and oxygen atoms in total. The first-order valence-corrected chi connectivity index (χ1v) is 9.23. The average Bonchev–Trinajstić information content (AvgIpc) is 3.15. The van der Waals surface area contributed by atoms with Gasteiger partial charge in [-0.05, 0) is 50.4 Å². The molecule has 1 aliphatic carbocycles. The zero-order valence-corrected chi connectivity index (χ0v) is 14.8. The standard InChI is InChI=1S/C19H27N3O3/c1-24-16-9-14-15(21-18(20)19(14)5-4-6-19)10-17(16)25-12-13(23)11-22-7-2-3-8-22/h9-10,13,23H,2-8,11-12H2,1H3,(H2,20,21). The molecule has 1 aromatic carbocycles. The maximum atomic E-state index is 10.2. The number of β-amino-alcohol motifs (C(OH)–C–C–N with tert-alkyl or cyclic N) is 1. The summed E-state index contributed by atoms with van der Waals surface area (Å²) in [6.45, 7) is 3.03. The van der Waals surface area contributed by atoms with Crippen LogP contribution in [0.2, 0.25) is 0 Å². The molecule has 0 bridgehead atoms. The van der Waals surface area contributed by atoms with E-state index < -0.39 is 6.10 Å². The van der Waals surface area contributed by atoms with Gasteiger partial charge in [0.25, 0.3) is 0 Å². The maximum absolute atomic E-state index is 10.2. The minimum absolute atomic E-state index is 0.0869. The van der Waals surface area contributed by atoms with E-state index in [1.165, 1.54) is 19.3 Å².